The molecule has 0 saturated carbocycles. The summed E-state index contributed by atoms with van der Waals surface area (Å²) in [5.74, 6) is -0.793. The monoisotopic (exact) mass is 361 g/mol. The summed E-state index contributed by atoms with van der Waals surface area (Å²) < 4.78 is 40.3. The van der Waals surface area contributed by atoms with Gasteiger partial charge in [-0.2, -0.15) is 0 Å². The zero-order valence-electron chi connectivity index (χ0n) is 14.0. The van der Waals surface area contributed by atoms with E-state index in [4.69, 9.17) is 0 Å². The fourth-order valence-electron chi connectivity index (χ4n) is 3.36. The van der Waals surface area contributed by atoms with Crippen LogP contribution in [0.25, 0.3) is 0 Å². The molecule has 132 valence electrons. The second kappa shape index (κ2) is 6.96. The van der Waals surface area contributed by atoms with Crippen LogP contribution < -0.4 is 5.32 Å². The Morgan fingerprint density at radius 3 is 2.60 bits per heavy atom. The van der Waals surface area contributed by atoms with Gasteiger partial charge in [-0.25, -0.2) is 12.8 Å². The molecule has 0 bridgehead atoms. The van der Waals surface area contributed by atoms with Crippen LogP contribution >= 0.6 is 0 Å². The average Bonchev–Trinajstić information content (AvgIpc) is 2.60. The lowest BCUT2D eigenvalue weighted by molar-refractivity contribution is -0.119. The number of fused-ring (bicyclic) bond motifs is 1. The molecule has 0 radical (unpaired) electrons. The van der Waals surface area contributed by atoms with Gasteiger partial charge < -0.3 is 5.32 Å². The minimum atomic E-state index is -3.75. The third-order valence-corrected chi connectivity index (χ3v) is 6.31. The third kappa shape index (κ3) is 3.58. The number of rotatable bonds is 4. The van der Waals surface area contributed by atoms with Gasteiger partial charge in [-0.15, -0.1) is 0 Å². The maximum atomic E-state index is 14.8. The van der Waals surface area contributed by atoms with E-state index in [2.05, 4.69) is 5.32 Å². The number of sulfone groups is 1. The molecule has 3 rings (SSSR count). The maximum Gasteiger partial charge on any atom is 0.216 e. The molecule has 1 aliphatic carbocycles. The van der Waals surface area contributed by atoms with Gasteiger partial charge in [0.1, 0.15) is 5.82 Å². The molecule has 0 aliphatic heterocycles. The molecule has 1 unspecified atom stereocenters. The predicted octanol–water partition coefficient (Wildman–Crippen LogP) is 3.21. The standard InChI is InChI=1S/C19H20FNO3S/c1-13(22)21-12-15-7-5-6-14-10-17(11-18(20)19(14)15)25(23,24)16-8-3-2-4-9-16/h2-4,8-11,15H,5-7,12H2,1H3,(H,21,22). The first-order valence-corrected chi connectivity index (χ1v) is 9.75. The van der Waals surface area contributed by atoms with Crippen LogP contribution in [0.15, 0.2) is 52.3 Å². The number of hydrogen-bond donors (Lipinski definition) is 1. The Labute approximate surface area is 147 Å². The molecule has 0 aromatic heterocycles. The number of benzene rings is 2. The molecule has 1 aliphatic rings. The molecule has 1 N–H and O–H groups in total. The van der Waals surface area contributed by atoms with E-state index in [0.717, 1.165) is 24.5 Å². The van der Waals surface area contributed by atoms with Crippen molar-refractivity contribution < 1.29 is 17.6 Å². The number of hydrogen-bond acceptors (Lipinski definition) is 3. The highest BCUT2D eigenvalue weighted by molar-refractivity contribution is 7.91. The Balaban J connectivity index is 2.01. The maximum absolute atomic E-state index is 14.8. The average molecular weight is 361 g/mol. The van der Waals surface area contributed by atoms with Crippen LogP contribution in [0.2, 0.25) is 0 Å². The number of nitrogens with one attached hydrogen (secondary N) is 1. The van der Waals surface area contributed by atoms with Crippen LogP contribution in [0.3, 0.4) is 0 Å². The van der Waals surface area contributed by atoms with Crippen molar-refractivity contribution in [1.29, 1.82) is 0 Å². The topological polar surface area (TPSA) is 63.2 Å². The smallest absolute Gasteiger partial charge is 0.216 e. The zero-order valence-corrected chi connectivity index (χ0v) is 14.8. The van der Waals surface area contributed by atoms with E-state index in [9.17, 15) is 17.6 Å². The lowest BCUT2D eigenvalue weighted by Crippen LogP contribution is -2.28. The van der Waals surface area contributed by atoms with Crippen LogP contribution in [0.1, 0.15) is 36.8 Å². The van der Waals surface area contributed by atoms with E-state index in [1.165, 1.54) is 19.1 Å². The van der Waals surface area contributed by atoms with Crippen LogP contribution in [-0.2, 0) is 21.1 Å². The van der Waals surface area contributed by atoms with E-state index in [0.29, 0.717) is 18.5 Å². The van der Waals surface area contributed by atoms with Crippen molar-refractivity contribution in [3.63, 3.8) is 0 Å². The van der Waals surface area contributed by atoms with E-state index >= 15 is 0 Å². The summed E-state index contributed by atoms with van der Waals surface area (Å²) in [5.41, 5.74) is 1.25. The Kier molecular flexibility index (Phi) is 4.90. The molecular formula is C19H20FNO3S. The molecule has 2 aromatic rings. The fourth-order valence-corrected chi connectivity index (χ4v) is 4.70. The zero-order chi connectivity index (χ0) is 18.0. The third-order valence-electron chi connectivity index (χ3n) is 4.56. The molecule has 0 saturated heterocycles. The predicted molar refractivity (Wildman–Crippen MR) is 92.7 cm³/mol. The van der Waals surface area contributed by atoms with E-state index in [-0.39, 0.29) is 21.6 Å². The molecule has 2 aromatic carbocycles. The Hall–Kier alpha value is -2.21. The van der Waals surface area contributed by atoms with Gasteiger partial charge in [-0.1, -0.05) is 18.2 Å². The van der Waals surface area contributed by atoms with Crippen molar-refractivity contribution in [2.45, 2.75) is 41.9 Å². The largest absolute Gasteiger partial charge is 0.356 e. The molecule has 1 amide bonds. The van der Waals surface area contributed by atoms with E-state index < -0.39 is 15.7 Å². The minimum Gasteiger partial charge on any atom is -0.356 e. The first-order valence-electron chi connectivity index (χ1n) is 8.26. The van der Waals surface area contributed by atoms with Gasteiger partial charge in [0.2, 0.25) is 15.7 Å². The molecule has 0 fully saturated rings. The van der Waals surface area contributed by atoms with Gasteiger partial charge in [0.25, 0.3) is 0 Å². The highest BCUT2D eigenvalue weighted by Gasteiger charge is 2.27. The first-order chi connectivity index (χ1) is 11.9. The lowest BCUT2D eigenvalue weighted by Gasteiger charge is -2.26. The minimum absolute atomic E-state index is 0.0184. The lowest BCUT2D eigenvalue weighted by atomic mass is 9.82. The first kappa shape index (κ1) is 17.6. The Morgan fingerprint density at radius 1 is 1.20 bits per heavy atom. The summed E-state index contributed by atoms with van der Waals surface area (Å²) in [5, 5.41) is 2.73. The van der Waals surface area contributed by atoms with Gasteiger partial charge in [-0.3, -0.25) is 4.79 Å². The summed E-state index contributed by atoms with van der Waals surface area (Å²) in [6.07, 6.45) is 2.25. The summed E-state index contributed by atoms with van der Waals surface area (Å²) in [4.78, 5) is 11.3. The van der Waals surface area contributed by atoms with Crippen LogP contribution in [-0.4, -0.2) is 20.9 Å². The van der Waals surface area contributed by atoms with Gasteiger partial charge in [-0.05, 0) is 54.7 Å². The summed E-state index contributed by atoms with van der Waals surface area (Å²) in [6.45, 7) is 1.79. The number of halogens is 1. The molecular weight excluding hydrogens is 341 g/mol. The Bertz CT molecular complexity index is 894. The SMILES string of the molecule is CC(=O)NCC1CCCc2cc(S(=O)(=O)c3ccccc3)cc(F)c21. The quantitative estimate of drug-likeness (QED) is 0.909. The highest BCUT2D eigenvalue weighted by Crippen LogP contribution is 2.36. The van der Waals surface area contributed by atoms with Crippen molar-refractivity contribution >= 4 is 15.7 Å². The van der Waals surface area contributed by atoms with Gasteiger partial charge in [0, 0.05) is 19.4 Å². The number of carbonyl (C=O) groups is 1. The van der Waals surface area contributed by atoms with E-state index in [1.54, 1.807) is 24.3 Å². The van der Waals surface area contributed by atoms with Crippen molar-refractivity contribution in [2.24, 2.45) is 0 Å². The molecule has 25 heavy (non-hydrogen) atoms. The Morgan fingerprint density at radius 2 is 1.92 bits per heavy atom. The van der Waals surface area contributed by atoms with Gasteiger partial charge in [0.15, 0.2) is 0 Å². The second-order valence-corrected chi connectivity index (χ2v) is 8.27. The van der Waals surface area contributed by atoms with Crippen LogP contribution in [0.5, 0.6) is 0 Å². The summed E-state index contributed by atoms with van der Waals surface area (Å²) >= 11 is 0. The molecule has 1 atom stereocenters. The summed E-state index contributed by atoms with van der Waals surface area (Å²) in [6, 6.07) is 10.7. The number of amides is 1. The van der Waals surface area contributed by atoms with Crippen molar-refractivity contribution in [2.75, 3.05) is 6.54 Å². The highest BCUT2D eigenvalue weighted by atomic mass is 32.2. The molecule has 4 nitrogen and oxygen atoms in total. The van der Waals surface area contributed by atoms with E-state index in [1.807, 2.05) is 0 Å². The second-order valence-electron chi connectivity index (χ2n) is 6.32. The normalized spacial score (nSPS) is 17.0. The molecule has 0 spiro atoms. The van der Waals surface area contributed by atoms with Crippen molar-refractivity contribution in [1.82, 2.24) is 5.32 Å². The molecule has 0 heterocycles. The number of carbonyl (C=O) groups excluding carboxylic acids is 1. The van der Waals surface area contributed by atoms with Gasteiger partial charge in [0.05, 0.1) is 9.79 Å². The molecule has 6 heteroatoms. The fraction of sp³-hybridized carbons (Fsp3) is 0.316. The van der Waals surface area contributed by atoms with Gasteiger partial charge >= 0.3 is 0 Å². The van der Waals surface area contributed by atoms with Crippen molar-refractivity contribution in [3.05, 3.63) is 59.4 Å². The van der Waals surface area contributed by atoms with Crippen LogP contribution in [0.4, 0.5) is 4.39 Å². The van der Waals surface area contributed by atoms with Crippen LogP contribution in [0, 0.1) is 5.82 Å². The number of aryl methyl sites for hydroxylation is 1. The summed E-state index contributed by atoms with van der Waals surface area (Å²) in [7, 11) is -3.75. The van der Waals surface area contributed by atoms with Crippen molar-refractivity contribution in [3.8, 4) is 0 Å².